The van der Waals surface area contributed by atoms with Gasteiger partial charge in [0.1, 0.15) is 5.82 Å². The van der Waals surface area contributed by atoms with Crippen molar-refractivity contribution in [3.63, 3.8) is 0 Å². The van der Waals surface area contributed by atoms with Gasteiger partial charge in [0, 0.05) is 43.3 Å². The van der Waals surface area contributed by atoms with Gasteiger partial charge in [0.25, 0.3) is 0 Å². The van der Waals surface area contributed by atoms with E-state index < -0.39 is 0 Å². The second-order valence-electron chi connectivity index (χ2n) is 6.70. The van der Waals surface area contributed by atoms with Gasteiger partial charge in [-0.3, -0.25) is 0 Å². The van der Waals surface area contributed by atoms with E-state index in [4.69, 9.17) is 0 Å². The van der Waals surface area contributed by atoms with E-state index in [1.165, 1.54) is 12.2 Å². The van der Waals surface area contributed by atoms with E-state index >= 15 is 0 Å². The zero-order chi connectivity index (χ0) is 16.9. The van der Waals surface area contributed by atoms with Crippen molar-refractivity contribution in [1.82, 2.24) is 19.4 Å². The number of aryl methyl sites for hydroxylation is 1. The van der Waals surface area contributed by atoms with Crippen molar-refractivity contribution < 1.29 is 5.11 Å². The van der Waals surface area contributed by atoms with Crippen molar-refractivity contribution in [2.75, 3.05) is 38.6 Å². The highest BCUT2D eigenvalue weighted by atomic mass is 32.1. The van der Waals surface area contributed by atoms with Gasteiger partial charge >= 0.3 is 0 Å². The predicted molar refractivity (Wildman–Crippen MR) is 97.6 cm³/mol. The van der Waals surface area contributed by atoms with E-state index in [2.05, 4.69) is 44.6 Å². The summed E-state index contributed by atoms with van der Waals surface area (Å²) in [5.74, 6) is 1.66. The second-order valence-corrected chi connectivity index (χ2v) is 7.54. The highest BCUT2D eigenvalue weighted by molar-refractivity contribution is 7.13. The van der Waals surface area contributed by atoms with Crippen LogP contribution in [0, 0.1) is 0 Å². The zero-order valence-corrected chi connectivity index (χ0v) is 15.4. The molecule has 1 saturated heterocycles. The molecule has 0 amide bonds. The molecule has 0 spiro atoms. The first-order valence-electron chi connectivity index (χ1n) is 8.63. The molecule has 1 atom stereocenters. The third-order valence-corrected chi connectivity index (χ3v) is 5.46. The topological polar surface area (TPSA) is 57.4 Å². The first-order valence-corrected chi connectivity index (χ1v) is 9.51. The van der Waals surface area contributed by atoms with Crippen LogP contribution in [0.3, 0.4) is 0 Å². The molecule has 1 fully saturated rings. The average Bonchev–Trinajstić information content (AvgIpc) is 3.24. The van der Waals surface area contributed by atoms with Gasteiger partial charge in [-0.1, -0.05) is 0 Å². The van der Waals surface area contributed by atoms with Crippen LogP contribution in [0.25, 0.3) is 0 Å². The summed E-state index contributed by atoms with van der Waals surface area (Å²) in [6.45, 7) is 4.14. The Bertz CT molecular complexity index is 638. The number of hydrogen-bond acceptors (Lipinski definition) is 6. The van der Waals surface area contributed by atoms with Gasteiger partial charge in [0.15, 0.2) is 5.13 Å². The molecule has 0 bridgehead atoms. The van der Waals surface area contributed by atoms with Crippen LogP contribution in [0.4, 0.5) is 5.13 Å². The molecule has 1 N–H and O–H groups in total. The first-order chi connectivity index (χ1) is 11.7. The van der Waals surface area contributed by atoms with Crippen LogP contribution in [-0.2, 0) is 13.2 Å². The normalized spacial score (nSPS) is 18.5. The molecule has 132 valence electrons. The minimum Gasteiger partial charge on any atom is -0.390 e. The fraction of sp³-hybridized carbons (Fsp3) is 0.647. The quantitative estimate of drug-likeness (QED) is 0.830. The van der Waals surface area contributed by atoms with Gasteiger partial charge in [-0.2, -0.15) is 0 Å². The molecule has 0 radical (unpaired) electrons. The van der Waals surface area contributed by atoms with E-state index in [9.17, 15) is 5.11 Å². The molecule has 0 aliphatic carbocycles. The van der Waals surface area contributed by atoms with E-state index in [1.807, 2.05) is 11.6 Å². The number of imidazole rings is 1. The van der Waals surface area contributed by atoms with E-state index in [1.54, 1.807) is 11.3 Å². The number of hydrogen-bond donors (Lipinski definition) is 1. The summed E-state index contributed by atoms with van der Waals surface area (Å²) in [6, 6.07) is 0. The fourth-order valence-corrected chi connectivity index (χ4v) is 4.16. The number of piperidine rings is 1. The summed E-state index contributed by atoms with van der Waals surface area (Å²) in [4.78, 5) is 13.7. The van der Waals surface area contributed by atoms with E-state index in [0.29, 0.717) is 5.92 Å². The van der Waals surface area contributed by atoms with Crippen LogP contribution < -0.4 is 4.90 Å². The average molecular weight is 350 g/mol. The lowest BCUT2D eigenvalue weighted by Crippen LogP contribution is -2.35. The maximum atomic E-state index is 9.22. The van der Waals surface area contributed by atoms with Crippen LogP contribution in [0.15, 0.2) is 17.8 Å². The van der Waals surface area contributed by atoms with Crippen molar-refractivity contribution in [3.8, 4) is 0 Å². The monoisotopic (exact) mass is 349 g/mol. The molecular formula is C17H27N5OS. The summed E-state index contributed by atoms with van der Waals surface area (Å²) in [5, 5.41) is 12.2. The SMILES string of the molecule is CN(C)CCCn1ccnc1C1CCCN(c2nc(CO)cs2)C1. The number of anilines is 1. The maximum absolute atomic E-state index is 9.22. The summed E-state index contributed by atoms with van der Waals surface area (Å²) in [5.41, 5.74) is 0.766. The Hall–Kier alpha value is -1.44. The molecule has 1 aliphatic rings. The van der Waals surface area contributed by atoms with Crippen LogP contribution >= 0.6 is 11.3 Å². The first kappa shape index (κ1) is 17.4. The van der Waals surface area contributed by atoms with E-state index in [-0.39, 0.29) is 6.61 Å². The highest BCUT2D eigenvalue weighted by Gasteiger charge is 2.26. The number of thiazole rings is 1. The van der Waals surface area contributed by atoms with Crippen molar-refractivity contribution >= 4 is 16.5 Å². The molecule has 6 nitrogen and oxygen atoms in total. The number of nitrogens with zero attached hydrogens (tertiary/aromatic N) is 5. The van der Waals surface area contributed by atoms with Gasteiger partial charge in [-0.25, -0.2) is 9.97 Å². The molecule has 1 aliphatic heterocycles. The lowest BCUT2D eigenvalue weighted by molar-refractivity contribution is 0.277. The molecule has 24 heavy (non-hydrogen) atoms. The van der Waals surface area contributed by atoms with Crippen LogP contribution in [0.2, 0.25) is 0 Å². The largest absolute Gasteiger partial charge is 0.390 e. The van der Waals surface area contributed by atoms with Crippen LogP contribution in [0.1, 0.15) is 36.7 Å². The Kier molecular flexibility index (Phi) is 5.86. The molecule has 0 saturated carbocycles. The molecule has 0 aromatic carbocycles. The highest BCUT2D eigenvalue weighted by Crippen LogP contribution is 2.31. The molecule has 3 heterocycles. The van der Waals surface area contributed by atoms with E-state index in [0.717, 1.165) is 49.8 Å². The van der Waals surface area contributed by atoms with Crippen LogP contribution in [0.5, 0.6) is 0 Å². The maximum Gasteiger partial charge on any atom is 0.185 e. The lowest BCUT2D eigenvalue weighted by Gasteiger charge is -2.32. The Morgan fingerprint density at radius 2 is 2.29 bits per heavy atom. The smallest absolute Gasteiger partial charge is 0.185 e. The molecular weight excluding hydrogens is 322 g/mol. The predicted octanol–water partition coefficient (Wildman–Crippen LogP) is 2.17. The lowest BCUT2D eigenvalue weighted by atomic mass is 9.97. The minimum atomic E-state index is 0.0179. The Balaban J connectivity index is 1.65. The van der Waals surface area contributed by atoms with Crippen molar-refractivity contribution in [3.05, 3.63) is 29.3 Å². The molecule has 1 unspecified atom stereocenters. The summed E-state index contributed by atoms with van der Waals surface area (Å²) in [6.07, 6.45) is 7.51. The number of rotatable bonds is 7. The van der Waals surface area contributed by atoms with Crippen molar-refractivity contribution in [2.45, 2.75) is 38.3 Å². The van der Waals surface area contributed by atoms with Crippen LogP contribution in [-0.4, -0.2) is 58.3 Å². The number of aliphatic hydroxyl groups excluding tert-OH is 1. The van der Waals surface area contributed by atoms with Gasteiger partial charge in [-0.05, 0) is 39.9 Å². The number of aromatic nitrogens is 3. The fourth-order valence-electron chi connectivity index (χ4n) is 3.30. The number of aliphatic hydroxyl groups is 1. The Morgan fingerprint density at radius 3 is 3.04 bits per heavy atom. The molecule has 2 aromatic rings. The van der Waals surface area contributed by atoms with Gasteiger partial charge < -0.3 is 19.5 Å². The third-order valence-electron chi connectivity index (χ3n) is 4.51. The van der Waals surface area contributed by atoms with Gasteiger partial charge in [-0.15, -0.1) is 11.3 Å². The summed E-state index contributed by atoms with van der Waals surface area (Å²) in [7, 11) is 4.23. The Morgan fingerprint density at radius 1 is 1.42 bits per heavy atom. The summed E-state index contributed by atoms with van der Waals surface area (Å²) < 4.78 is 2.32. The van der Waals surface area contributed by atoms with Gasteiger partial charge in [0.05, 0.1) is 12.3 Å². The van der Waals surface area contributed by atoms with Crippen molar-refractivity contribution in [2.24, 2.45) is 0 Å². The minimum absolute atomic E-state index is 0.0179. The van der Waals surface area contributed by atoms with Gasteiger partial charge in [0.2, 0.25) is 0 Å². The zero-order valence-electron chi connectivity index (χ0n) is 14.6. The standard InChI is InChI=1S/C17H27N5OS/c1-20(2)7-4-9-21-10-6-18-16(21)14-5-3-8-22(11-14)17-19-15(12-23)13-24-17/h6,10,13-14,23H,3-5,7-9,11-12H2,1-2H3. The molecule has 7 heteroatoms. The Labute approximate surface area is 147 Å². The van der Waals surface area contributed by atoms with Crippen molar-refractivity contribution in [1.29, 1.82) is 0 Å². The molecule has 3 rings (SSSR count). The summed E-state index contributed by atoms with van der Waals surface area (Å²) >= 11 is 1.62. The third kappa shape index (κ3) is 4.15. The second kappa shape index (κ2) is 8.09. The molecule has 2 aromatic heterocycles.